The van der Waals surface area contributed by atoms with Gasteiger partial charge in [-0.3, -0.25) is 0 Å². The fourth-order valence-corrected chi connectivity index (χ4v) is 1.79. The zero-order valence-electron chi connectivity index (χ0n) is 9.82. The minimum absolute atomic E-state index is 0.0229. The number of benzene rings is 1. The molecule has 0 amide bonds. The van der Waals surface area contributed by atoms with Crippen LogP contribution < -0.4 is 10.1 Å². The van der Waals surface area contributed by atoms with Gasteiger partial charge in [-0.2, -0.15) is 0 Å². The highest BCUT2D eigenvalue weighted by molar-refractivity contribution is 9.12. The zero-order chi connectivity index (χ0) is 12.7. The molecule has 0 bridgehead atoms. The Bertz CT molecular complexity index is 398. The number of aliphatic hydroxyl groups excluding tert-OH is 1. The van der Waals surface area contributed by atoms with Gasteiger partial charge in [0.05, 0.1) is 18.1 Å². The molecule has 0 spiro atoms. The zero-order valence-corrected chi connectivity index (χ0v) is 11.4. The predicted octanol–water partition coefficient (Wildman–Crippen LogP) is 1.50. The molecule has 92 valence electrons. The summed E-state index contributed by atoms with van der Waals surface area (Å²) in [6, 6.07) is 7.62. The van der Waals surface area contributed by atoms with Gasteiger partial charge in [-0.1, -0.05) is 18.7 Å². The molecular formula is C13H17BrNO2+. The Labute approximate surface area is 110 Å². The average molecular weight is 299 g/mol. The SMILES string of the molecule is C=C(C(Br)=C[NH2+]C)c1ccc(OCCO)cc1. The van der Waals surface area contributed by atoms with E-state index in [9.17, 15) is 0 Å². The number of halogens is 1. The van der Waals surface area contributed by atoms with E-state index in [0.717, 1.165) is 21.4 Å². The first-order valence-electron chi connectivity index (χ1n) is 5.37. The van der Waals surface area contributed by atoms with E-state index in [-0.39, 0.29) is 6.61 Å². The number of hydrogen-bond donors (Lipinski definition) is 2. The Balaban J connectivity index is 2.73. The molecule has 0 heterocycles. The lowest BCUT2D eigenvalue weighted by Crippen LogP contribution is -2.72. The second-order valence-electron chi connectivity index (χ2n) is 3.42. The third kappa shape index (κ3) is 4.34. The molecule has 3 N–H and O–H groups in total. The van der Waals surface area contributed by atoms with Crippen LogP contribution in [0.25, 0.3) is 5.57 Å². The monoisotopic (exact) mass is 298 g/mol. The van der Waals surface area contributed by atoms with Gasteiger partial charge >= 0.3 is 0 Å². The van der Waals surface area contributed by atoms with Crippen molar-refractivity contribution in [3.63, 3.8) is 0 Å². The Morgan fingerprint density at radius 1 is 1.47 bits per heavy atom. The van der Waals surface area contributed by atoms with Gasteiger partial charge in [0.25, 0.3) is 0 Å². The van der Waals surface area contributed by atoms with E-state index < -0.39 is 0 Å². The molecule has 0 aromatic heterocycles. The van der Waals surface area contributed by atoms with Crippen molar-refractivity contribution < 1.29 is 15.2 Å². The Hall–Kier alpha value is -1.10. The Morgan fingerprint density at radius 3 is 2.65 bits per heavy atom. The second-order valence-corrected chi connectivity index (χ2v) is 4.28. The summed E-state index contributed by atoms with van der Waals surface area (Å²) in [4.78, 5) is 0. The van der Waals surface area contributed by atoms with Crippen molar-refractivity contribution in [1.29, 1.82) is 0 Å². The molecule has 0 saturated carbocycles. The van der Waals surface area contributed by atoms with Crippen molar-refractivity contribution in [2.24, 2.45) is 0 Å². The molecule has 0 aliphatic rings. The highest BCUT2D eigenvalue weighted by Gasteiger charge is 2.04. The molecule has 0 aliphatic carbocycles. The number of allylic oxidation sites excluding steroid dienone is 2. The van der Waals surface area contributed by atoms with E-state index in [1.54, 1.807) is 0 Å². The Morgan fingerprint density at radius 2 is 2.12 bits per heavy atom. The van der Waals surface area contributed by atoms with Crippen LogP contribution in [-0.4, -0.2) is 25.4 Å². The lowest BCUT2D eigenvalue weighted by Gasteiger charge is -2.07. The van der Waals surface area contributed by atoms with Gasteiger partial charge in [0.2, 0.25) is 0 Å². The van der Waals surface area contributed by atoms with E-state index in [1.165, 1.54) is 0 Å². The molecule has 1 aromatic rings. The van der Waals surface area contributed by atoms with Crippen LogP contribution in [0.2, 0.25) is 0 Å². The fourth-order valence-electron chi connectivity index (χ4n) is 1.30. The summed E-state index contributed by atoms with van der Waals surface area (Å²) in [6.45, 7) is 4.36. The van der Waals surface area contributed by atoms with E-state index >= 15 is 0 Å². The van der Waals surface area contributed by atoms with E-state index in [4.69, 9.17) is 9.84 Å². The first-order chi connectivity index (χ1) is 8.19. The number of aliphatic hydroxyl groups is 1. The lowest BCUT2D eigenvalue weighted by molar-refractivity contribution is -0.556. The molecule has 0 atom stereocenters. The first kappa shape index (κ1) is 14.0. The smallest absolute Gasteiger partial charge is 0.119 e. The van der Waals surface area contributed by atoms with Gasteiger partial charge in [-0.05, 0) is 39.2 Å². The fraction of sp³-hybridized carbons (Fsp3) is 0.231. The number of rotatable bonds is 6. The minimum Gasteiger partial charge on any atom is -0.491 e. The molecule has 0 saturated heterocycles. The molecule has 1 aromatic carbocycles. The predicted molar refractivity (Wildman–Crippen MR) is 72.9 cm³/mol. The van der Waals surface area contributed by atoms with E-state index in [2.05, 4.69) is 22.5 Å². The average Bonchev–Trinajstić information content (AvgIpc) is 2.36. The summed E-state index contributed by atoms with van der Waals surface area (Å²) in [7, 11) is 1.96. The maximum absolute atomic E-state index is 8.65. The summed E-state index contributed by atoms with van der Waals surface area (Å²) >= 11 is 3.47. The van der Waals surface area contributed by atoms with Crippen LogP contribution in [0.1, 0.15) is 5.56 Å². The van der Waals surface area contributed by atoms with Gasteiger partial charge in [0.15, 0.2) is 0 Å². The molecular weight excluding hydrogens is 282 g/mol. The third-order valence-electron chi connectivity index (χ3n) is 2.16. The topological polar surface area (TPSA) is 46.1 Å². The van der Waals surface area contributed by atoms with Crippen LogP contribution in [-0.2, 0) is 0 Å². The van der Waals surface area contributed by atoms with Crippen LogP contribution in [0, 0.1) is 0 Å². The summed E-state index contributed by atoms with van der Waals surface area (Å²) in [5.74, 6) is 0.748. The van der Waals surface area contributed by atoms with Crippen molar-refractivity contribution >= 4 is 21.5 Å². The molecule has 0 aliphatic heterocycles. The van der Waals surface area contributed by atoms with Gasteiger partial charge in [-0.25, -0.2) is 0 Å². The summed E-state index contributed by atoms with van der Waals surface area (Å²) in [6.07, 6.45) is 1.96. The van der Waals surface area contributed by atoms with Gasteiger partial charge in [-0.15, -0.1) is 0 Å². The first-order valence-corrected chi connectivity index (χ1v) is 6.17. The standard InChI is InChI=1S/C13H16BrNO2/c1-10(13(14)9-15-2)11-3-5-12(6-4-11)17-8-7-16/h3-6,9,15-16H,1,7-8H2,2H3/p+1. The molecule has 0 fully saturated rings. The Kier molecular flexibility index (Phi) is 5.97. The van der Waals surface area contributed by atoms with Crippen molar-refractivity contribution in [2.45, 2.75) is 0 Å². The maximum atomic E-state index is 8.65. The van der Waals surface area contributed by atoms with Crippen LogP contribution in [0.5, 0.6) is 5.75 Å². The van der Waals surface area contributed by atoms with Gasteiger partial charge < -0.3 is 15.2 Å². The quantitative estimate of drug-likeness (QED) is 0.782. The lowest BCUT2D eigenvalue weighted by atomic mass is 10.1. The van der Waals surface area contributed by atoms with Crippen LogP contribution >= 0.6 is 15.9 Å². The van der Waals surface area contributed by atoms with Crippen molar-refractivity contribution in [3.05, 3.63) is 47.1 Å². The van der Waals surface area contributed by atoms with E-state index in [1.807, 2.05) is 42.8 Å². The number of ether oxygens (including phenoxy) is 1. The summed E-state index contributed by atoms with van der Waals surface area (Å²) in [5.41, 5.74) is 1.96. The highest BCUT2D eigenvalue weighted by atomic mass is 79.9. The summed E-state index contributed by atoms with van der Waals surface area (Å²) in [5, 5.41) is 10.6. The van der Waals surface area contributed by atoms with E-state index in [0.29, 0.717) is 6.61 Å². The van der Waals surface area contributed by atoms with Gasteiger partial charge in [0.1, 0.15) is 18.6 Å². The molecule has 4 heteroatoms. The molecule has 1 rings (SSSR count). The summed E-state index contributed by atoms with van der Waals surface area (Å²) < 4.78 is 6.25. The maximum Gasteiger partial charge on any atom is 0.119 e. The van der Waals surface area contributed by atoms with Crippen molar-refractivity contribution in [3.8, 4) is 5.75 Å². The number of nitrogens with two attached hydrogens (primary N) is 1. The van der Waals surface area contributed by atoms with Crippen LogP contribution in [0.4, 0.5) is 0 Å². The molecule has 3 nitrogen and oxygen atoms in total. The van der Waals surface area contributed by atoms with Crippen molar-refractivity contribution in [1.82, 2.24) is 0 Å². The molecule has 17 heavy (non-hydrogen) atoms. The highest BCUT2D eigenvalue weighted by Crippen LogP contribution is 2.26. The number of quaternary nitrogens is 1. The minimum atomic E-state index is 0.0229. The largest absolute Gasteiger partial charge is 0.491 e. The molecule has 0 unspecified atom stereocenters. The number of hydrogen-bond acceptors (Lipinski definition) is 2. The van der Waals surface area contributed by atoms with Crippen LogP contribution in [0.3, 0.4) is 0 Å². The van der Waals surface area contributed by atoms with Crippen molar-refractivity contribution in [2.75, 3.05) is 20.3 Å². The van der Waals surface area contributed by atoms with Gasteiger partial charge in [0, 0.05) is 0 Å². The van der Waals surface area contributed by atoms with Crippen LogP contribution in [0.15, 0.2) is 41.5 Å². The third-order valence-corrected chi connectivity index (χ3v) is 2.91. The molecule has 0 radical (unpaired) electrons. The normalized spacial score (nSPS) is 11.4. The second kappa shape index (κ2) is 7.27.